The Morgan fingerprint density at radius 2 is 1.59 bits per heavy atom. The number of ether oxygens (including phenoxy) is 1. The Hall–Kier alpha value is -3.32. The van der Waals surface area contributed by atoms with Crippen LogP contribution in [0.4, 0.5) is 18.9 Å². The highest BCUT2D eigenvalue weighted by Crippen LogP contribution is 2.32. The Morgan fingerprint density at radius 1 is 1.00 bits per heavy atom. The molecule has 0 aromatic heterocycles. The smallest absolute Gasteiger partial charge is 0.416 e. The van der Waals surface area contributed by atoms with Crippen molar-refractivity contribution in [2.75, 3.05) is 18.6 Å². The average Bonchev–Trinajstić information content (AvgIpc) is 2.79. The number of para-hydroxylation sites is 1. The zero-order valence-electron chi connectivity index (χ0n) is 19.7. The molecule has 0 radical (unpaired) electrons. The number of hydrogen-bond donors (Lipinski definition) is 1. The van der Waals surface area contributed by atoms with E-state index >= 15 is 0 Å². The zero-order chi connectivity index (χ0) is 25.0. The lowest BCUT2D eigenvalue weighted by molar-refractivity contribution is -0.137. The second kappa shape index (κ2) is 10.3. The molecule has 0 saturated carbocycles. The summed E-state index contributed by atoms with van der Waals surface area (Å²) in [6.07, 6.45) is -4.02. The summed E-state index contributed by atoms with van der Waals surface area (Å²) in [5, 5.41) is 0. The highest BCUT2D eigenvalue weighted by atomic mass is 19.4. The number of nitrogens with zero attached hydrogens (tertiary/aromatic N) is 1. The van der Waals surface area contributed by atoms with Gasteiger partial charge in [0.1, 0.15) is 11.8 Å². The van der Waals surface area contributed by atoms with Crippen LogP contribution in [0.1, 0.15) is 39.4 Å². The first-order valence-corrected chi connectivity index (χ1v) is 11.0. The molecular weight excluding hydrogens is 441 g/mol. The van der Waals surface area contributed by atoms with Gasteiger partial charge < -0.3 is 15.4 Å². The molecule has 34 heavy (non-hydrogen) atoms. The van der Waals surface area contributed by atoms with Crippen molar-refractivity contribution < 1.29 is 22.7 Å². The molecule has 3 rings (SSSR count). The maximum atomic E-state index is 13.7. The largest absolute Gasteiger partial charge is 0.496 e. The summed E-state index contributed by atoms with van der Waals surface area (Å²) in [6.45, 7) is 6.11. The van der Waals surface area contributed by atoms with Crippen molar-refractivity contribution >= 4 is 11.6 Å². The van der Waals surface area contributed by atoms with Crippen LogP contribution < -0.4 is 15.4 Å². The molecule has 3 aromatic rings. The van der Waals surface area contributed by atoms with Gasteiger partial charge in [0, 0.05) is 17.8 Å². The molecule has 0 spiro atoms. The highest BCUT2D eigenvalue weighted by Gasteiger charge is 2.30. The highest BCUT2D eigenvalue weighted by molar-refractivity contribution is 5.99. The Morgan fingerprint density at radius 3 is 2.15 bits per heavy atom. The number of carbonyl (C=O) groups is 1. The van der Waals surface area contributed by atoms with E-state index in [1.165, 1.54) is 19.2 Å². The van der Waals surface area contributed by atoms with Gasteiger partial charge in [0.15, 0.2) is 0 Å². The number of aryl methyl sites for hydroxylation is 3. The fraction of sp³-hybridized carbons (Fsp3) is 0.296. The van der Waals surface area contributed by atoms with E-state index in [9.17, 15) is 18.0 Å². The Labute approximate surface area is 198 Å². The van der Waals surface area contributed by atoms with Gasteiger partial charge in [-0.3, -0.25) is 4.79 Å². The van der Waals surface area contributed by atoms with Gasteiger partial charge in [0.05, 0.1) is 12.7 Å². The van der Waals surface area contributed by atoms with Crippen molar-refractivity contribution in [3.63, 3.8) is 0 Å². The molecule has 4 nitrogen and oxygen atoms in total. The fourth-order valence-electron chi connectivity index (χ4n) is 4.26. The molecule has 0 bridgehead atoms. The van der Waals surface area contributed by atoms with Crippen LogP contribution in [0.3, 0.4) is 0 Å². The summed E-state index contributed by atoms with van der Waals surface area (Å²) in [7, 11) is 1.52. The summed E-state index contributed by atoms with van der Waals surface area (Å²) in [6, 6.07) is 15.1. The Balaban J connectivity index is 1.95. The minimum atomic E-state index is -4.39. The maximum Gasteiger partial charge on any atom is 0.416 e. The molecule has 3 aromatic carbocycles. The molecule has 0 aliphatic heterocycles. The number of amides is 1. The predicted molar refractivity (Wildman–Crippen MR) is 128 cm³/mol. The lowest BCUT2D eigenvalue weighted by Crippen LogP contribution is -2.41. The molecule has 0 aliphatic rings. The van der Waals surface area contributed by atoms with Gasteiger partial charge in [-0.15, -0.1) is 0 Å². The van der Waals surface area contributed by atoms with Crippen LogP contribution in [0, 0.1) is 20.8 Å². The van der Waals surface area contributed by atoms with Gasteiger partial charge in [-0.25, -0.2) is 0 Å². The van der Waals surface area contributed by atoms with E-state index in [2.05, 4.69) is 0 Å². The SMILES string of the molecule is COc1ccccc1C(N)C(=O)N(CCc1ccc(C(F)(F)F)cc1)c1c(C)cc(C)cc1C. The molecule has 7 heteroatoms. The minimum absolute atomic E-state index is 0.262. The van der Waals surface area contributed by atoms with Crippen LogP contribution in [0.5, 0.6) is 5.75 Å². The van der Waals surface area contributed by atoms with Crippen LogP contribution in [-0.2, 0) is 17.4 Å². The van der Waals surface area contributed by atoms with Crippen molar-refractivity contribution in [2.24, 2.45) is 5.73 Å². The minimum Gasteiger partial charge on any atom is -0.496 e. The summed E-state index contributed by atoms with van der Waals surface area (Å²) >= 11 is 0. The van der Waals surface area contributed by atoms with Crippen LogP contribution >= 0.6 is 0 Å². The molecular formula is C27H29F3N2O2. The Kier molecular flexibility index (Phi) is 7.67. The van der Waals surface area contributed by atoms with Crippen LogP contribution in [0.25, 0.3) is 0 Å². The normalized spacial score (nSPS) is 12.4. The van der Waals surface area contributed by atoms with Crippen molar-refractivity contribution in [3.05, 3.63) is 94.0 Å². The molecule has 1 atom stereocenters. The predicted octanol–water partition coefficient (Wildman–Crippen LogP) is 5.91. The monoisotopic (exact) mass is 470 g/mol. The van der Waals surface area contributed by atoms with Crippen molar-refractivity contribution in [3.8, 4) is 5.75 Å². The van der Waals surface area contributed by atoms with Gasteiger partial charge in [-0.2, -0.15) is 13.2 Å². The third-order valence-corrected chi connectivity index (χ3v) is 5.82. The average molecular weight is 471 g/mol. The first kappa shape index (κ1) is 25.3. The zero-order valence-corrected chi connectivity index (χ0v) is 19.7. The number of halogens is 3. The third kappa shape index (κ3) is 5.59. The fourth-order valence-corrected chi connectivity index (χ4v) is 4.26. The summed E-state index contributed by atoms with van der Waals surface area (Å²) in [4.78, 5) is 15.3. The van der Waals surface area contributed by atoms with Crippen LogP contribution in [0.2, 0.25) is 0 Å². The van der Waals surface area contributed by atoms with Gasteiger partial charge in [0.25, 0.3) is 0 Å². The number of anilines is 1. The van der Waals surface area contributed by atoms with E-state index in [1.807, 2.05) is 32.9 Å². The van der Waals surface area contributed by atoms with Crippen LogP contribution in [-0.4, -0.2) is 19.6 Å². The molecule has 0 saturated heterocycles. The molecule has 0 fully saturated rings. The number of nitrogens with two attached hydrogens (primary N) is 1. The van der Waals surface area contributed by atoms with E-state index in [1.54, 1.807) is 29.2 Å². The first-order chi connectivity index (χ1) is 16.0. The molecule has 1 unspecified atom stereocenters. The molecule has 1 amide bonds. The number of rotatable bonds is 7. The van der Waals surface area contributed by atoms with Gasteiger partial charge in [-0.05, 0) is 62.1 Å². The van der Waals surface area contributed by atoms with Gasteiger partial charge in [-0.1, -0.05) is 48.0 Å². The van der Waals surface area contributed by atoms with Gasteiger partial charge >= 0.3 is 6.18 Å². The standard InChI is InChI=1S/C27H29F3N2O2/c1-17-15-18(2)25(19(3)16-17)32(14-13-20-9-11-21(12-10-20)27(28,29)30)26(33)24(31)22-7-5-6-8-23(22)34-4/h5-12,15-16,24H,13-14,31H2,1-4H3. The quantitative estimate of drug-likeness (QED) is 0.467. The first-order valence-electron chi connectivity index (χ1n) is 11.0. The van der Waals surface area contributed by atoms with E-state index < -0.39 is 17.8 Å². The summed E-state index contributed by atoms with van der Waals surface area (Å²) < 4.78 is 44.1. The van der Waals surface area contributed by atoms with Crippen LogP contribution in [0.15, 0.2) is 60.7 Å². The molecule has 180 valence electrons. The van der Waals surface area contributed by atoms with Crippen molar-refractivity contribution in [2.45, 2.75) is 39.4 Å². The second-order valence-corrected chi connectivity index (χ2v) is 8.40. The number of carbonyl (C=O) groups excluding carboxylic acids is 1. The topological polar surface area (TPSA) is 55.6 Å². The maximum absolute atomic E-state index is 13.7. The third-order valence-electron chi connectivity index (χ3n) is 5.82. The van der Waals surface area contributed by atoms with Gasteiger partial charge in [0.2, 0.25) is 5.91 Å². The number of hydrogen-bond acceptors (Lipinski definition) is 3. The van der Waals surface area contributed by atoms with E-state index in [-0.39, 0.29) is 12.5 Å². The lowest BCUT2D eigenvalue weighted by atomic mass is 10.00. The van der Waals surface area contributed by atoms with E-state index in [4.69, 9.17) is 10.5 Å². The Bertz CT molecular complexity index is 1130. The van der Waals surface area contributed by atoms with E-state index in [0.29, 0.717) is 23.3 Å². The summed E-state index contributed by atoms with van der Waals surface area (Å²) in [5.74, 6) is 0.204. The molecule has 0 aliphatic carbocycles. The van der Waals surface area contributed by atoms with Crippen molar-refractivity contribution in [1.29, 1.82) is 0 Å². The lowest BCUT2D eigenvalue weighted by Gasteiger charge is -2.30. The molecule has 0 heterocycles. The van der Waals surface area contributed by atoms with Crippen molar-refractivity contribution in [1.82, 2.24) is 0 Å². The second-order valence-electron chi connectivity index (χ2n) is 8.40. The van der Waals surface area contributed by atoms with E-state index in [0.717, 1.165) is 34.5 Å². The number of benzene rings is 3. The number of methoxy groups -OCH3 is 1. The number of alkyl halides is 3. The molecule has 2 N–H and O–H groups in total. The summed E-state index contributed by atoms with van der Waals surface area (Å²) in [5.41, 5.74) is 10.7.